The molecule has 1 amide bonds. The van der Waals surface area contributed by atoms with Gasteiger partial charge in [0.25, 0.3) is 5.91 Å². The molecule has 0 aliphatic carbocycles. The second-order valence-electron chi connectivity index (χ2n) is 4.65. The molecule has 25 heavy (non-hydrogen) atoms. The van der Waals surface area contributed by atoms with E-state index in [-0.39, 0.29) is 37.0 Å². The summed E-state index contributed by atoms with van der Waals surface area (Å²) in [6, 6.07) is 6.80. The third-order valence-electron chi connectivity index (χ3n) is 2.93. The first-order valence-electron chi connectivity index (χ1n) is 6.48. The van der Waals surface area contributed by atoms with Crippen molar-refractivity contribution in [1.82, 2.24) is 5.32 Å². The largest absolute Gasteiger partial charge is 0.478 e. The van der Waals surface area contributed by atoms with E-state index in [4.69, 9.17) is 63.7 Å². The summed E-state index contributed by atoms with van der Waals surface area (Å²) in [5, 5.41) is 14.5. The third-order valence-corrected chi connectivity index (χ3v) is 4.28. The molecule has 0 atom stereocenters. The minimum atomic E-state index is -1.18. The molecule has 0 saturated heterocycles. The maximum Gasteiger partial charge on any atom is 0.335 e. The van der Waals surface area contributed by atoms with Gasteiger partial charge in [0, 0.05) is 5.02 Å². The van der Waals surface area contributed by atoms with E-state index in [1.54, 1.807) is 0 Å². The number of carboxylic acids is 1. The van der Waals surface area contributed by atoms with Crippen molar-refractivity contribution in [1.29, 1.82) is 0 Å². The summed E-state index contributed by atoms with van der Waals surface area (Å²) < 4.78 is 0. The Bertz CT molecular complexity index is 866. The maximum atomic E-state index is 12.2. The molecule has 0 spiro atoms. The highest BCUT2D eigenvalue weighted by Crippen LogP contribution is 2.32. The molecule has 0 unspecified atom stereocenters. The Morgan fingerprint density at radius 3 is 2.08 bits per heavy atom. The van der Waals surface area contributed by atoms with Crippen LogP contribution in [-0.4, -0.2) is 22.1 Å². The summed E-state index contributed by atoms with van der Waals surface area (Å²) >= 11 is 28.8. The van der Waals surface area contributed by atoms with E-state index >= 15 is 0 Å². The van der Waals surface area contributed by atoms with Gasteiger partial charge in [-0.05, 0) is 42.5 Å². The average Bonchev–Trinajstić information content (AvgIpc) is 2.50. The normalized spacial score (nSPS) is 10.2. The second-order valence-corrected chi connectivity index (χ2v) is 6.72. The topological polar surface area (TPSA) is 78.4 Å². The lowest BCUT2D eigenvalue weighted by Crippen LogP contribution is -2.34. The summed E-state index contributed by atoms with van der Waals surface area (Å²) in [5.41, 5.74) is 0.262. The summed E-state index contributed by atoms with van der Waals surface area (Å²) in [6.07, 6.45) is 0. The smallest absolute Gasteiger partial charge is 0.335 e. The number of carbonyl (C=O) groups excluding carboxylic acids is 1. The molecule has 0 heterocycles. The Morgan fingerprint density at radius 1 is 0.960 bits per heavy atom. The average molecular weight is 438 g/mol. The first-order chi connectivity index (χ1) is 11.7. The van der Waals surface area contributed by atoms with Crippen LogP contribution in [0.15, 0.2) is 30.3 Å². The monoisotopic (exact) mass is 436 g/mol. The van der Waals surface area contributed by atoms with Gasteiger partial charge in [0.2, 0.25) is 0 Å². The minimum Gasteiger partial charge on any atom is -0.478 e. The van der Waals surface area contributed by atoms with Crippen molar-refractivity contribution in [3.05, 3.63) is 61.5 Å². The highest BCUT2D eigenvalue weighted by Gasteiger charge is 2.16. The lowest BCUT2D eigenvalue weighted by atomic mass is 10.2. The molecule has 2 aromatic rings. The van der Waals surface area contributed by atoms with E-state index < -0.39 is 11.9 Å². The van der Waals surface area contributed by atoms with Gasteiger partial charge in [0.15, 0.2) is 5.11 Å². The van der Waals surface area contributed by atoms with Crippen LogP contribution in [0.4, 0.5) is 5.69 Å². The Balaban J connectivity index is 2.15. The number of halogens is 4. The van der Waals surface area contributed by atoms with Crippen LogP contribution in [0.1, 0.15) is 20.7 Å². The molecule has 0 radical (unpaired) electrons. The maximum absolute atomic E-state index is 12.2. The molecule has 130 valence electrons. The number of nitrogens with one attached hydrogen (secondary N) is 2. The standard InChI is InChI=1S/C15H8Cl4N2O3S/c16-7-1-2-8(9(17)5-7)13(22)21-15(25)20-12-10(18)3-6(14(23)24)4-11(12)19/h1-5H,(H,23,24)(H2,20,21,22,25). The van der Waals surface area contributed by atoms with Crippen molar-refractivity contribution in [2.45, 2.75) is 0 Å². The number of amides is 1. The fourth-order valence-electron chi connectivity index (χ4n) is 1.80. The van der Waals surface area contributed by atoms with Gasteiger partial charge >= 0.3 is 5.97 Å². The van der Waals surface area contributed by atoms with Gasteiger partial charge in [-0.1, -0.05) is 46.4 Å². The van der Waals surface area contributed by atoms with E-state index in [1.165, 1.54) is 30.3 Å². The molecule has 0 aliphatic heterocycles. The number of carboxylic acid groups (broad SMARTS) is 1. The van der Waals surface area contributed by atoms with Crippen molar-refractivity contribution >= 4 is 81.3 Å². The molecule has 0 fully saturated rings. The Labute approximate surface area is 167 Å². The van der Waals surface area contributed by atoms with Gasteiger partial charge in [0.05, 0.1) is 31.9 Å². The molecular weight excluding hydrogens is 430 g/mol. The molecule has 0 bridgehead atoms. The molecule has 2 aromatic carbocycles. The van der Waals surface area contributed by atoms with Crippen LogP contribution in [0.3, 0.4) is 0 Å². The molecule has 3 N–H and O–H groups in total. The Kier molecular flexibility index (Phi) is 6.48. The van der Waals surface area contributed by atoms with Crippen LogP contribution in [0.2, 0.25) is 20.1 Å². The first kappa shape index (κ1) is 19.8. The fourth-order valence-corrected chi connectivity index (χ4v) is 3.08. The second kappa shape index (κ2) is 8.21. The van der Waals surface area contributed by atoms with E-state index in [2.05, 4.69) is 10.6 Å². The van der Waals surface area contributed by atoms with Crippen LogP contribution in [0, 0.1) is 0 Å². The molecule has 5 nitrogen and oxygen atoms in total. The van der Waals surface area contributed by atoms with E-state index in [1.807, 2.05) is 0 Å². The molecule has 2 rings (SSSR count). The van der Waals surface area contributed by atoms with Gasteiger partial charge in [-0.3, -0.25) is 10.1 Å². The quantitative estimate of drug-likeness (QED) is 0.580. The van der Waals surface area contributed by atoms with Gasteiger partial charge < -0.3 is 10.4 Å². The van der Waals surface area contributed by atoms with Crippen molar-refractivity contribution in [3.63, 3.8) is 0 Å². The number of hydrogen-bond donors (Lipinski definition) is 3. The fraction of sp³-hybridized carbons (Fsp3) is 0. The van der Waals surface area contributed by atoms with Gasteiger partial charge in [0.1, 0.15) is 0 Å². The number of carbonyl (C=O) groups is 2. The van der Waals surface area contributed by atoms with E-state index in [0.29, 0.717) is 5.02 Å². The van der Waals surface area contributed by atoms with E-state index in [0.717, 1.165) is 0 Å². The highest BCUT2D eigenvalue weighted by atomic mass is 35.5. The number of aromatic carboxylic acids is 1. The van der Waals surface area contributed by atoms with Crippen LogP contribution in [0.25, 0.3) is 0 Å². The first-order valence-corrected chi connectivity index (χ1v) is 8.40. The summed E-state index contributed by atoms with van der Waals surface area (Å²) in [7, 11) is 0. The predicted molar refractivity (Wildman–Crippen MR) is 104 cm³/mol. The van der Waals surface area contributed by atoms with Crippen LogP contribution in [-0.2, 0) is 0 Å². The Morgan fingerprint density at radius 2 is 1.56 bits per heavy atom. The van der Waals surface area contributed by atoms with Crippen LogP contribution >= 0.6 is 58.6 Å². The Hall–Kier alpha value is -1.57. The van der Waals surface area contributed by atoms with Crippen LogP contribution in [0.5, 0.6) is 0 Å². The zero-order chi connectivity index (χ0) is 18.7. The summed E-state index contributed by atoms with van der Waals surface area (Å²) in [4.78, 5) is 23.1. The van der Waals surface area contributed by atoms with Gasteiger partial charge in [-0.2, -0.15) is 0 Å². The number of rotatable bonds is 3. The van der Waals surface area contributed by atoms with Crippen molar-refractivity contribution in [2.24, 2.45) is 0 Å². The highest BCUT2D eigenvalue weighted by molar-refractivity contribution is 7.80. The van der Waals surface area contributed by atoms with E-state index in [9.17, 15) is 9.59 Å². The molecule has 0 saturated carbocycles. The molecule has 0 aromatic heterocycles. The van der Waals surface area contributed by atoms with Crippen LogP contribution < -0.4 is 10.6 Å². The molecule has 0 aliphatic rings. The van der Waals surface area contributed by atoms with Crippen molar-refractivity contribution < 1.29 is 14.7 Å². The zero-order valence-corrected chi connectivity index (χ0v) is 15.9. The van der Waals surface area contributed by atoms with Crippen molar-refractivity contribution in [2.75, 3.05) is 5.32 Å². The SMILES string of the molecule is O=C(O)c1cc(Cl)c(NC(=S)NC(=O)c2ccc(Cl)cc2Cl)c(Cl)c1. The van der Waals surface area contributed by atoms with Crippen molar-refractivity contribution in [3.8, 4) is 0 Å². The third kappa shape index (κ3) is 4.96. The number of anilines is 1. The lowest BCUT2D eigenvalue weighted by molar-refractivity contribution is 0.0696. The number of hydrogen-bond acceptors (Lipinski definition) is 3. The number of benzene rings is 2. The predicted octanol–water partition coefficient (Wildman–Crippen LogP) is 5.13. The van der Waals surface area contributed by atoms with Gasteiger partial charge in [-0.25, -0.2) is 4.79 Å². The lowest BCUT2D eigenvalue weighted by Gasteiger charge is -2.13. The number of thiocarbonyl (C=S) groups is 1. The summed E-state index contributed by atoms with van der Waals surface area (Å²) in [6.45, 7) is 0. The molecule has 10 heteroatoms. The molecular formula is C15H8Cl4N2O3S. The summed E-state index contributed by atoms with van der Waals surface area (Å²) in [5.74, 6) is -1.74. The minimum absolute atomic E-state index is 0.0334. The van der Waals surface area contributed by atoms with Gasteiger partial charge in [-0.15, -0.1) is 0 Å². The zero-order valence-electron chi connectivity index (χ0n) is 12.1.